The first-order chi connectivity index (χ1) is 12.7. The van der Waals surface area contributed by atoms with E-state index in [1.165, 1.54) is 5.69 Å². The van der Waals surface area contributed by atoms with Gasteiger partial charge in [-0.3, -0.25) is 10.00 Å². The topological polar surface area (TPSA) is 40.1 Å². The predicted octanol–water partition coefficient (Wildman–Crippen LogP) is 4.04. The molecule has 5 nitrogen and oxygen atoms in total. The van der Waals surface area contributed by atoms with Gasteiger partial charge in [-0.05, 0) is 30.4 Å². The molecule has 1 N–H and O–H groups in total. The summed E-state index contributed by atoms with van der Waals surface area (Å²) in [6.07, 6.45) is 0. The van der Waals surface area contributed by atoms with Crippen LogP contribution < -0.4 is 4.90 Å². The lowest BCUT2D eigenvalue weighted by molar-refractivity contribution is 0.194. The zero-order valence-corrected chi connectivity index (χ0v) is 15.9. The zero-order valence-electron chi connectivity index (χ0n) is 14.3. The van der Waals surface area contributed by atoms with Gasteiger partial charge < -0.3 is 4.90 Å². The zero-order chi connectivity index (χ0) is 17.9. The lowest BCUT2D eigenvalue weighted by Crippen LogP contribution is -2.47. The standard InChI is InChI=1S/C19H20ClN5S/c20-16-7-4-8-17(13-16)24-11-9-23(10-12-24)14-25-19(26)21-18(22-25)15-5-2-1-3-6-15/h1-8,13H,9-12,14H2,(H,21,22,26). The van der Waals surface area contributed by atoms with E-state index in [1.807, 2.05) is 53.2 Å². The Morgan fingerprint density at radius 1 is 1.00 bits per heavy atom. The van der Waals surface area contributed by atoms with Crippen LogP contribution >= 0.6 is 23.8 Å². The van der Waals surface area contributed by atoms with Gasteiger partial charge in [0.05, 0.1) is 6.67 Å². The van der Waals surface area contributed by atoms with Gasteiger partial charge >= 0.3 is 0 Å². The lowest BCUT2D eigenvalue weighted by atomic mass is 10.2. The highest BCUT2D eigenvalue weighted by Gasteiger charge is 2.18. The van der Waals surface area contributed by atoms with Crippen molar-refractivity contribution in [2.45, 2.75) is 6.67 Å². The molecule has 2 aromatic carbocycles. The maximum absolute atomic E-state index is 6.11. The monoisotopic (exact) mass is 385 g/mol. The van der Waals surface area contributed by atoms with Gasteiger partial charge in [-0.15, -0.1) is 0 Å². The molecule has 0 spiro atoms. The molecule has 4 rings (SSSR count). The Morgan fingerprint density at radius 3 is 2.50 bits per heavy atom. The molecule has 0 amide bonds. The molecule has 26 heavy (non-hydrogen) atoms. The third kappa shape index (κ3) is 3.82. The molecule has 0 unspecified atom stereocenters. The van der Waals surface area contributed by atoms with Gasteiger partial charge in [-0.1, -0.05) is 48.0 Å². The second-order valence-electron chi connectivity index (χ2n) is 6.38. The SMILES string of the molecule is S=c1nc(-c2ccccc2)[nH]n1CN1CCN(c2cccc(Cl)c2)CC1. The third-order valence-electron chi connectivity index (χ3n) is 4.61. The number of nitrogens with zero attached hydrogens (tertiary/aromatic N) is 4. The fourth-order valence-corrected chi connectivity index (χ4v) is 3.58. The van der Waals surface area contributed by atoms with Crippen molar-refractivity contribution in [3.8, 4) is 11.4 Å². The predicted molar refractivity (Wildman–Crippen MR) is 108 cm³/mol. The number of hydrogen-bond acceptors (Lipinski definition) is 4. The number of nitrogens with one attached hydrogen (secondary N) is 1. The number of H-pyrrole nitrogens is 1. The van der Waals surface area contributed by atoms with Crippen LogP contribution in [0, 0.1) is 4.77 Å². The van der Waals surface area contributed by atoms with Crippen LogP contribution in [0.15, 0.2) is 54.6 Å². The van der Waals surface area contributed by atoms with E-state index in [4.69, 9.17) is 23.8 Å². The molecule has 134 valence electrons. The first kappa shape index (κ1) is 17.3. The van der Waals surface area contributed by atoms with Crippen molar-refractivity contribution in [3.05, 3.63) is 64.4 Å². The number of rotatable bonds is 4. The number of hydrogen-bond donors (Lipinski definition) is 1. The van der Waals surface area contributed by atoms with E-state index in [2.05, 4.69) is 25.9 Å². The summed E-state index contributed by atoms with van der Waals surface area (Å²) >= 11 is 11.5. The summed E-state index contributed by atoms with van der Waals surface area (Å²) < 4.78 is 2.52. The summed E-state index contributed by atoms with van der Waals surface area (Å²) in [5.74, 6) is 0.813. The Hall–Kier alpha value is -2.15. The van der Waals surface area contributed by atoms with Crippen LogP contribution in [-0.2, 0) is 6.67 Å². The smallest absolute Gasteiger partial charge is 0.217 e. The number of halogens is 1. The van der Waals surface area contributed by atoms with Gasteiger partial charge in [-0.25, -0.2) is 4.68 Å². The van der Waals surface area contributed by atoms with Gasteiger partial charge in [0.1, 0.15) is 0 Å². The van der Waals surface area contributed by atoms with Gasteiger partial charge in [0.2, 0.25) is 4.77 Å². The minimum Gasteiger partial charge on any atom is -0.369 e. The Morgan fingerprint density at radius 2 is 1.77 bits per heavy atom. The van der Waals surface area contributed by atoms with Crippen LogP contribution in [0.1, 0.15) is 0 Å². The molecule has 0 atom stereocenters. The summed E-state index contributed by atoms with van der Waals surface area (Å²) in [6.45, 7) is 4.59. The Kier molecular flexibility index (Phi) is 5.06. The molecule has 1 saturated heterocycles. The number of benzene rings is 2. The molecule has 3 aromatic rings. The van der Waals surface area contributed by atoms with Gasteiger partial charge in [0.25, 0.3) is 0 Å². The van der Waals surface area contributed by atoms with Gasteiger partial charge in [-0.2, -0.15) is 4.98 Å². The molecule has 0 radical (unpaired) electrons. The molecule has 0 aliphatic carbocycles. The molecule has 7 heteroatoms. The highest BCUT2D eigenvalue weighted by Crippen LogP contribution is 2.21. The van der Waals surface area contributed by atoms with Crippen molar-refractivity contribution in [1.82, 2.24) is 19.7 Å². The second kappa shape index (κ2) is 7.61. The van der Waals surface area contributed by atoms with Crippen molar-refractivity contribution >= 4 is 29.5 Å². The van der Waals surface area contributed by atoms with E-state index in [1.54, 1.807) is 0 Å². The van der Waals surface area contributed by atoms with Crippen molar-refractivity contribution in [1.29, 1.82) is 0 Å². The largest absolute Gasteiger partial charge is 0.369 e. The summed E-state index contributed by atoms with van der Waals surface area (Å²) in [6, 6.07) is 18.1. The van der Waals surface area contributed by atoms with Crippen LogP contribution in [0.2, 0.25) is 5.02 Å². The Balaban J connectivity index is 1.40. The van der Waals surface area contributed by atoms with Crippen LogP contribution in [0.4, 0.5) is 5.69 Å². The van der Waals surface area contributed by atoms with E-state index in [0.717, 1.165) is 49.3 Å². The van der Waals surface area contributed by atoms with Gasteiger partial charge in [0.15, 0.2) is 5.82 Å². The molecule has 2 heterocycles. The first-order valence-corrected chi connectivity index (χ1v) is 9.43. The lowest BCUT2D eigenvalue weighted by Gasteiger charge is -2.36. The number of aromatic nitrogens is 3. The number of piperazine rings is 1. The minimum absolute atomic E-state index is 0.584. The second-order valence-corrected chi connectivity index (χ2v) is 7.18. The first-order valence-electron chi connectivity index (χ1n) is 8.64. The highest BCUT2D eigenvalue weighted by atomic mass is 35.5. The van der Waals surface area contributed by atoms with Crippen LogP contribution in [0.3, 0.4) is 0 Å². The summed E-state index contributed by atoms with van der Waals surface area (Å²) in [4.78, 5) is 9.23. The summed E-state index contributed by atoms with van der Waals surface area (Å²) in [7, 11) is 0. The van der Waals surface area contributed by atoms with E-state index in [9.17, 15) is 0 Å². The molecule has 1 aliphatic heterocycles. The molecule has 1 aliphatic rings. The molecule has 1 aromatic heterocycles. The van der Waals surface area contributed by atoms with Crippen molar-refractivity contribution in [3.63, 3.8) is 0 Å². The van der Waals surface area contributed by atoms with E-state index >= 15 is 0 Å². The number of anilines is 1. The molecule has 0 saturated carbocycles. The normalized spacial score (nSPS) is 15.3. The Labute approximate surface area is 162 Å². The minimum atomic E-state index is 0.584. The van der Waals surface area contributed by atoms with Crippen LogP contribution in [0.5, 0.6) is 0 Å². The summed E-state index contributed by atoms with van der Waals surface area (Å²) in [5.41, 5.74) is 2.23. The molecule has 0 bridgehead atoms. The van der Waals surface area contributed by atoms with Crippen molar-refractivity contribution < 1.29 is 0 Å². The average Bonchev–Trinajstić information content (AvgIpc) is 3.04. The van der Waals surface area contributed by atoms with E-state index in [0.29, 0.717) is 4.77 Å². The van der Waals surface area contributed by atoms with E-state index < -0.39 is 0 Å². The van der Waals surface area contributed by atoms with Gasteiger partial charge in [0, 0.05) is 42.5 Å². The third-order valence-corrected chi connectivity index (χ3v) is 5.16. The Bertz CT molecular complexity index is 928. The van der Waals surface area contributed by atoms with Crippen LogP contribution in [-0.4, -0.2) is 45.8 Å². The fourth-order valence-electron chi connectivity index (χ4n) is 3.20. The van der Waals surface area contributed by atoms with E-state index in [-0.39, 0.29) is 0 Å². The maximum atomic E-state index is 6.11. The maximum Gasteiger partial charge on any atom is 0.217 e. The van der Waals surface area contributed by atoms with Crippen LogP contribution in [0.25, 0.3) is 11.4 Å². The average molecular weight is 386 g/mol. The summed E-state index contributed by atoms with van der Waals surface area (Å²) in [5, 5.41) is 4.10. The molecule has 1 fully saturated rings. The number of aromatic amines is 1. The quantitative estimate of drug-likeness (QED) is 0.688. The fraction of sp³-hybridized carbons (Fsp3) is 0.263. The van der Waals surface area contributed by atoms with Crippen molar-refractivity contribution in [2.24, 2.45) is 0 Å². The van der Waals surface area contributed by atoms with Crippen molar-refractivity contribution in [2.75, 3.05) is 31.1 Å². The highest BCUT2D eigenvalue weighted by molar-refractivity contribution is 7.71. The molecular weight excluding hydrogens is 366 g/mol. The molecular formula is C19H20ClN5S.